The summed E-state index contributed by atoms with van der Waals surface area (Å²) in [4.78, 5) is 0. The average Bonchev–Trinajstić information content (AvgIpc) is 2.65. The number of nitrogen functional groups attached to an aromatic ring is 2. The molecule has 0 radical (unpaired) electrons. The minimum absolute atomic E-state index is 0.820. The predicted octanol–water partition coefficient (Wildman–Crippen LogP) is 4.24. The normalized spacial score (nSPS) is 11.4. The molecule has 0 saturated carbocycles. The summed E-state index contributed by atoms with van der Waals surface area (Å²) in [6.45, 7) is 12.0. The van der Waals surface area contributed by atoms with Crippen molar-refractivity contribution in [1.29, 1.82) is 0 Å². The lowest BCUT2D eigenvalue weighted by atomic mass is 10.1. The minimum Gasteiger partial charge on any atom is -0.399 e. The van der Waals surface area contributed by atoms with Gasteiger partial charge in [0.1, 0.15) is 0 Å². The molecule has 0 saturated heterocycles. The number of hydrogen-bond donors (Lipinski definition) is 4. The number of nitrogens with zero attached hydrogens (tertiary/aromatic N) is 1. The number of aryl methyl sites for hydroxylation is 2. The van der Waals surface area contributed by atoms with Crippen LogP contribution in [0, 0.1) is 13.8 Å². The molecule has 0 atom stereocenters. The third-order valence-electron chi connectivity index (χ3n) is 5.64. The van der Waals surface area contributed by atoms with Gasteiger partial charge in [-0.15, -0.1) is 0 Å². The molecule has 154 valence electrons. The molecule has 0 heterocycles. The van der Waals surface area contributed by atoms with Crippen LogP contribution in [0.5, 0.6) is 0 Å². The maximum Gasteiger partial charge on any atom is 0.0801 e. The number of nitrogens with one attached hydrogen (secondary N) is 2. The van der Waals surface area contributed by atoms with Crippen LogP contribution in [0.1, 0.15) is 30.9 Å². The topological polar surface area (TPSA) is 76.1 Å². The van der Waals surface area contributed by atoms with Crippen LogP contribution in [-0.4, -0.2) is 44.3 Å². The summed E-state index contributed by atoms with van der Waals surface area (Å²) in [6.07, 6.45) is 2.30. The predicted molar refractivity (Wildman–Crippen MR) is 124 cm³/mol. The maximum absolute atomic E-state index is 5.83. The van der Waals surface area contributed by atoms with E-state index in [0.717, 1.165) is 48.3 Å². The smallest absolute Gasteiger partial charge is 0.0801 e. The lowest BCUT2D eigenvalue weighted by Crippen LogP contribution is -2.46. The Morgan fingerprint density at radius 3 is 1.57 bits per heavy atom. The summed E-state index contributed by atoms with van der Waals surface area (Å²) in [5, 5.41) is 7.10. The van der Waals surface area contributed by atoms with Crippen LogP contribution in [0.3, 0.4) is 0 Å². The summed E-state index contributed by atoms with van der Waals surface area (Å²) < 4.78 is 1.10. The Morgan fingerprint density at radius 1 is 0.786 bits per heavy atom. The van der Waals surface area contributed by atoms with Crippen LogP contribution in [0.4, 0.5) is 22.7 Å². The van der Waals surface area contributed by atoms with Gasteiger partial charge in [0.25, 0.3) is 0 Å². The maximum atomic E-state index is 5.83. The number of benzene rings is 2. The Hall–Kier alpha value is -2.40. The van der Waals surface area contributed by atoms with Crippen LogP contribution in [0.2, 0.25) is 0 Å². The van der Waals surface area contributed by atoms with Crippen molar-refractivity contribution in [2.24, 2.45) is 0 Å². The van der Waals surface area contributed by atoms with Gasteiger partial charge in [0.2, 0.25) is 0 Å². The minimum atomic E-state index is 0.820. The SMILES string of the molecule is CC[N+](C)(CCCNc1ccc(N)cc1C)CCCNc1ccc(N)cc1C. The molecule has 0 fully saturated rings. The molecule has 0 aliphatic carbocycles. The van der Waals surface area contributed by atoms with Gasteiger partial charge in [0.05, 0.1) is 26.7 Å². The highest BCUT2D eigenvalue weighted by Crippen LogP contribution is 2.19. The number of quaternary nitrogens is 1. The standard InChI is InChI=1S/C23H38N5/c1-5-28(4,14-6-12-26-22-10-8-20(24)16-18(22)2)15-7-13-27-23-11-9-21(25)17-19(23)3/h8-11,16-17,26-27H,5-7,12-15,24-25H2,1-4H3/q+1. The molecule has 28 heavy (non-hydrogen) atoms. The van der Waals surface area contributed by atoms with Gasteiger partial charge >= 0.3 is 0 Å². The second-order valence-electron chi connectivity index (χ2n) is 8.09. The fourth-order valence-electron chi connectivity index (χ4n) is 3.57. The van der Waals surface area contributed by atoms with Crippen LogP contribution in [0.15, 0.2) is 36.4 Å². The second-order valence-corrected chi connectivity index (χ2v) is 8.09. The Bertz CT molecular complexity index is 697. The zero-order valence-corrected chi connectivity index (χ0v) is 18.0. The Labute approximate surface area is 170 Å². The highest BCUT2D eigenvalue weighted by molar-refractivity contribution is 5.58. The highest BCUT2D eigenvalue weighted by atomic mass is 15.3. The zero-order valence-electron chi connectivity index (χ0n) is 18.0. The monoisotopic (exact) mass is 384 g/mol. The van der Waals surface area contributed by atoms with E-state index in [1.54, 1.807) is 0 Å². The largest absolute Gasteiger partial charge is 0.399 e. The molecule has 0 bridgehead atoms. The highest BCUT2D eigenvalue weighted by Gasteiger charge is 2.18. The molecular weight excluding hydrogens is 346 g/mol. The van der Waals surface area contributed by atoms with E-state index in [1.165, 1.54) is 35.6 Å². The van der Waals surface area contributed by atoms with Gasteiger partial charge in [-0.2, -0.15) is 0 Å². The van der Waals surface area contributed by atoms with E-state index in [-0.39, 0.29) is 0 Å². The lowest BCUT2D eigenvalue weighted by molar-refractivity contribution is -0.907. The van der Waals surface area contributed by atoms with E-state index < -0.39 is 0 Å². The van der Waals surface area contributed by atoms with Crippen molar-refractivity contribution >= 4 is 22.7 Å². The van der Waals surface area contributed by atoms with E-state index in [0.29, 0.717) is 0 Å². The summed E-state index contributed by atoms with van der Waals surface area (Å²) >= 11 is 0. The van der Waals surface area contributed by atoms with E-state index in [4.69, 9.17) is 11.5 Å². The Balaban J connectivity index is 1.71. The molecule has 2 rings (SSSR count). The molecule has 0 unspecified atom stereocenters. The Morgan fingerprint density at radius 2 is 1.21 bits per heavy atom. The van der Waals surface area contributed by atoms with Gasteiger partial charge in [-0.1, -0.05) is 0 Å². The van der Waals surface area contributed by atoms with Crippen molar-refractivity contribution in [3.63, 3.8) is 0 Å². The van der Waals surface area contributed by atoms with E-state index >= 15 is 0 Å². The molecule has 0 amide bonds. The van der Waals surface area contributed by atoms with Crippen LogP contribution in [-0.2, 0) is 0 Å². The quantitative estimate of drug-likeness (QED) is 0.266. The van der Waals surface area contributed by atoms with Gasteiger partial charge in [-0.3, -0.25) is 0 Å². The van der Waals surface area contributed by atoms with Crippen molar-refractivity contribution in [2.75, 3.05) is 61.9 Å². The third-order valence-corrected chi connectivity index (χ3v) is 5.64. The zero-order chi connectivity index (χ0) is 20.6. The molecular formula is C23H38N5+. The van der Waals surface area contributed by atoms with E-state index in [1.807, 2.05) is 24.3 Å². The van der Waals surface area contributed by atoms with E-state index in [2.05, 4.69) is 50.6 Å². The molecule has 0 aliphatic rings. The summed E-state index contributed by atoms with van der Waals surface area (Å²) in [6, 6.07) is 12.1. The molecule has 0 spiro atoms. The number of rotatable bonds is 11. The first-order chi connectivity index (χ1) is 13.3. The van der Waals surface area contributed by atoms with Gasteiger partial charge in [0, 0.05) is 48.7 Å². The summed E-state index contributed by atoms with van der Waals surface area (Å²) in [5.41, 5.74) is 18.1. The van der Waals surface area contributed by atoms with Crippen molar-refractivity contribution in [2.45, 2.75) is 33.6 Å². The van der Waals surface area contributed by atoms with Gasteiger partial charge in [-0.05, 0) is 68.3 Å². The number of hydrogen-bond acceptors (Lipinski definition) is 4. The number of anilines is 4. The van der Waals surface area contributed by atoms with Crippen LogP contribution in [0.25, 0.3) is 0 Å². The lowest BCUT2D eigenvalue weighted by Gasteiger charge is -2.33. The summed E-state index contributed by atoms with van der Waals surface area (Å²) in [5.74, 6) is 0. The van der Waals surface area contributed by atoms with Gasteiger partial charge in [0.15, 0.2) is 0 Å². The van der Waals surface area contributed by atoms with Gasteiger partial charge < -0.3 is 26.6 Å². The first-order valence-electron chi connectivity index (χ1n) is 10.4. The Kier molecular flexibility index (Phi) is 8.00. The molecule has 0 aromatic heterocycles. The molecule has 2 aromatic carbocycles. The molecule has 2 aromatic rings. The molecule has 6 N–H and O–H groups in total. The fraction of sp³-hybridized carbons (Fsp3) is 0.478. The van der Waals surface area contributed by atoms with Gasteiger partial charge in [-0.25, -0.2) is 0 Å². The molecule has 5 heteroatoms. The first-order valence-corrected chi connectivity index (χ1v) is 10.4. The third kappa shape index (κ3) is 6.64. The van der Waals surface area contributed by atoms with E-state index in [9.17, 15) is 0 Å². The molecule has 0 aliphatic heterocycles. The van der Waals surface area contributed by atoms with Crippen LogP contribution >= 0.6 is 0 Å². The van der Waals surface area contributed by atoms with Crippen LogP contribution < -0.4 is 22.1 Å². The first kappa shape index (κ1) is 21.9. The average molecular weight is 385 g/mol. The van der Waals surface area contributed by atoms with Crippen molar-refractivity contribution in [1.82, 2.24) is 0 Å². The summed E-state index contributed by atoms with van der Waals surface area (Å²) in [7, 11) is 2.36. The second kappa shape index (κ2) is 10.2. The fourth-order valence-corrected chi connectivity index (χ4v) is 3.57. The molecule has 5 nitrogen and oxygen atoms in total. The number of nitrogens with two attached hydrogens (primary N) is 2. The van der Waals surface area contributed by atoms with Crippen molar-refractivity contribution < 1.29 is 4.48 Å². The van der Waals surface area contributed by atoms with Crippen molar-refractivity contribution in [3.05, 3.63) is 47.5 Å². The van der Waals surface area contributed by atoms with Crippen molar-refractivity contribution in [3.8, 4) is 0 Å².